The first-order valence-corrected chi connectivity index (χ1v) is 6.51. The number of H-pyrrole nitrogens is 1. The lowest BCUT2D eigenvalue weighted by Crippen LogP contribution is -2.28. The zero-order valence-electron chi connectivity index (χ0n) is 11.3. The average molecular weight is 288 g/mol. The van der Waals surface area contributed by atoms with Crippen molar-refractivity contribution in [2.75, 3.05) is 11.1 Å². The van der Waals surface area contributed by atoms with Gasteiger partial charge >= 0.3 is 0 Å². The van der Waals surface area contributed by atoms with Crippen LogP contribution in [0.1, 0.15) is 12.8 Å². The number of nitrogens with one attached hydrogen (secondary N) is 2. The Morgan fingerprint density at radius 3 is 2.71 bits per heavy atom. The molecule has 0 fully saturated rings. The van der Waals surface area contributed by atoms with Gasteiger partial charge in [0.2, 0.25) is 5.91 Å². The number of nitrogens with zero attached hydrogens (tertiary/aromatic N) is 1. The minimum Gasteiger partial charge on any atom is -0.397 e. The van der Waals surface area contributed by atoms with Crippen LogP contribution in [-0.2, 0) is 11.3 Å². The van der Waals surface area contributed by atoms with Crippen molar-refractivity contribution in [2.45, 2.75) is 19.4 Å². The molecule has 0 saturated heterocycles. The summed E-state index contributed by atoms with van der Waals surface area (Å²) in [6.45, 7) is 0.270. The van der Waals surface area contributed by atoms with Crippen molar-refractivity contribution in [2.24, 2.45) is 0 Å². The molecule has 7 heteroatoms. The minimum absolute atomic E-state index is 0.195. The number of aromatic nitrogens is 2. The van der Waals surface area contributed by atoms with Crippen LogP contribution in [0, 0.1) is 0 Å². The fourth-order valence-electron chi connectivity index (χ4n) is 1.85. The second kappa shape index (κ2) is 6.56. The van der Waals surface area contributed by atoms with Gasteiger partial charge in [-0.3, -0.25) is 24.2 Å². The molecule has 1 aromatic heterocycles. The van der Waals surface area contributed by atoms with Gasteiger partial charge in [-0.15, -0.1) is 0 Å². The lowest BCUT2D eigenvalue weighted by molar-refractivity contribution is -0.116. The highest BCUT2D eigenvalue weighted by Crippen LogP contribution is 2.16. The van der Waals surface area contributed by atoms with Crippen LogP contribution in [0.15, 0.2) is 46.0 Å². The molecule has 0 atom stereocenters. The second-order valence-corrected chi connectivity index (χ2v) is 4.54. The zero-order valence-corrected chi connectivity index (χ0v) is 11.3. The van der Waals surface area contributed by atoms with Crippen LogP contribution in [0.25, 0.3) is 0 Å². The van der Waals surface area contributed by atoms with E-state index in [0.29, 0.717) is 17.8 Å². The number of hydrogen-bond donors (Lipinski definition) is 3. The number of carbonyl (C=O) groups excluding carboxylic acids is 1. The number of benzene rings is 1. The largest absolute Gasteiger partial charge is 0.397 e. The molecule has 0 aliphatic carbocycles. The standard InChI is InChI=1S/C14H16N4O3/c15-10-4-1-2-5-11(10)16-12(19)6-3-9-18-14(21)8-7-13(20)17-18/h1-2,4-5,7-8H,3,6,9,15H2,(H,16,19)(H,17,20). The number of nitrogens with two attached hydrogens (primary N) is 1. The van der Waals surface area contributed by atoms with Crippen molar-refractivity contribution in [3.63, 3.8) is 0 Å². The Hall–Kier alpha value is -2.83. The van der Waals surface area contributed by atoms with E-state index in [1.54, 1.807) is 24.3 Å². The van der Waals surface area contributed by atoms with Crippen molar-refractivity contribution in [1.82, 2.24) is 9.78 Å². The molecule has 21 heavy (non-hydrogen) atoms. The maximum absolute atomic E-state index is 11.8. The van der Waals surface area contributed by atoms with Crippen LogP contribution >= 0.6 is 0 Å². The Balaban J connectivity index is 1.87. The molecular formula is C14H16N4O3. The zero-order chi connectivity index (χ0) is 15.2. The first-order valence-electron chi connectivity index (χ1n) is 6.51. The molecule has 1 heterocycles. The maximum Gasteiger partial charge on any atom is 0.265 e. The van der Waals surface area contributed by atoms with Crippen molar-refractivity contribution < 1.29 is 4.79 Å². The summed E-state index contributed by atoms with van der Waals surface area (Å²) in [7, 11) is 0. The number of anilines is 2. The van der Waals surface area contributed by atoms with Crippen molar-refractivity contribution in [3.8, 4) is 0 Å². The van der Waals surface area contributed by atoms with E-state index in [0.717, 1.165) is 0 Å². The fraction of sp³-hybridized carbons (Fsp3) is 0.214. The normalized spacial score (nSPS) is 10.3. The van der Waals surface area contributed by atoms with E-state index in [2.05, 4.69) is 10.4 Å². The number of carbonyl (C=O) groups is 1. The summed E-state index contributed by atoms with van der Waals surface area (Å²) in [6, 6.07) is 9.34. The molecule has 0 bridgehead atoms. The minimum atomic E-state index is -0.351. The molecule has 110 valence electrons. The molecular weight excluding hydrogens is 272 g/mol. The quantitative estimate of drug-likeness (QED) is 0.697. The Kier molecular flexibility index (Phi) is 4.55. The number of hydrogen-bond acceptors (Lipinski definition) is 4. The summed E-state index contributed by atoms with van der Waals surface area (Å²) >= 11 is 0. The van der Waals surface area contributed by atoms with E-state index in [9.17, 15) is 14.4 Å². The van der Waals surface area contributed by atoms with Crippen LogP contribution in [0.4, 0.5) is 11.4 Å². The Bertz CT molecular complexity index is 748. The molecule has 1 amide bonds. The third kappa shape index (κ3) is 4.07. The topological polar surface area (TPSA) is 110 Å². The summed E-state index contributed by atoms with van der Waals surface area (Å²) in [4.78, 5) is 34.3. The fourth-order valence-corrected chi connectivity index (χ4v) is 1.85. The van der Waals surface area contributed by atoms with E-state index >= 15 is 0 Å². The predicted molar refractivity (Wildman–Crippen MR) is 80.0 cm³/mol. The lowest BCUT2D eigenvalue weighted by atomic mass is 10.2. The lowest BCUT2D eigenvalue weighted by Gasteiger charge is -2.08. The third-order valence-corrected chi connectivity index (χ3v) is 2.91. The molecule has 2 rings (SSSR count). The van der Waals surface area contributed by atoms with E-state index in [4.69, 9.17) is 5.73 Å². The Morgan fingerprint density at radius 2 is 1.95 bits per heavy atom. The maximum atomic E-state index is 11.8. The highest BCUT2D eigenvalue weighted by Gasteiger charge is 2.05. The third-order valence-electron chi connectivity index (χ3n) is 2.91. The monoisotopic (exact) mass is 288 g/mol. The van der Waals surface area contributed by atoms with Crippen LogP contribution in [0.3, 0.4) is 0 Å². The van der Waals surface area contributed by atoms with E-state index in [1.807, 2.05) is 0 Å². The van der Waals surface area contributed by atoms with Crippen LogP contribution in [0.2, 0.25) is 0 Å². The van der Waals surface area contributed by atoms with Gasteiger partial charge in [-0.05, 0) is 18.6 Å². The van der Waals surface area contributed by atoms with Crippen LogP contribution in [0.5, 0.6) is 0 Å². The van der Waals surface area contributed by atoms with Crippen LogP contribution in [-0.4, -0.2) is 15.7 Å². The molecule has 0 saturated carbocycles. The Morgan fingerprint density at radius 1 is 1.19 bits per heavy atom. The van der Waals surface area contributed by atoms with Crippen molar-refractivity contribution in [1.29, 1.82) is 0 Å². The first kappa shape index (κ1) is 14.6. The second-order valence-electron chi connectivity index (χ2n) is 4.54. The summed E-state index contributed by atoms with van der Waals surface area (Å²) in [5.41, 5.74) is 6.13. The van der Waals surface area contributed by atoms with E-state index in [1.165, 1.54) is 16.8 Å². The smallest absolute Gasteiger partial charge is 0.265 e. The van der Waals surface area contributed by atoms with Gasteiger partial charge in [0.1, 0.15) is 0 Å². The van der Waals surface area contributed by atoms with Gasteiger partial charge in [0.15, 0.2) is 0 Å². The van der Waals surface area contributed by atoms with E-state index < -0.39 is 0 Å². The average Bonchev–Trinajstić information content (AvgIpc) is 2.45. The molecule has 4 N–H and O–H groups in total. The summed E-state index contributed by atoms with van der Waals surface area (Å²) in [6.07, 6.45) is 0.649. The SMILES string of the molecule is Nc1ccccc1NC(=O)CCCn1[nH]c(=O)ccc1=O. The van der Waals surface area contributed by atoms with Gasteiger partial charge in [0.05, 0.1) is 11.4 Å². The molecule has 0 radical (unpaired) electrons. The molecule has 0 spiro atoms. The highest BCUT2D eigenvalue weighted by molar-refractivity contribution is 5.93. The van der Waals surface area contributed by atoms with Gasteiger partial charge in [0.25, 0.3) is 11.1 Å². The predicted octanol–water partition coefficient (Wildman–Crippen LogP) is 0.538. The van der Waals surface area contributed by atoms with E-state index in [-0.39, 0.29) is 30.0 Å². The number of nitrogen functional groups attached to an aromatic ring is 1. The summed E-state index contributed by atoms with van der Waals surface area (Å²) in [5.74, 6) is -0.195. The van der Waals surface area contributed by atoms with Gasteiger partial charge < -0.3 is 11.1 Å². The van der Waals surface area contributed by atoms with Crippen molar-refractivity contribution >= 4 is 17.3 Å². The molecule has 1 aromatic carbocycles. The number of para-hydroxylation sites is 2. The van der Waals surface area contributed by atoms with Gasteiger partial charge in [0, 0.05) is 25.1 Å². The van der Waals surface area contributed by atoms with Gasteiger partial charge in [-0.25, -0.2) is 0 Å². The molecule has 7 nitrogen and oxygen atoms in total. The summed E-state index contributed by atoms with van der Waals surface area (Å²) in [5, 5.41) is 5.10. The number of aromatic amines is 1. The number of aryl methyl sites for hydroxylation is 1. The van der Waals surface area contributed by atoms with Gasteiger partial charge in [-0.2, -0.15) is 0 Å². The molecule has 2 aromatic rings. The first-order chi connectivity index (χ1) is 10.1. The Labute approximate surface area is 120 Å². The van der Waals surface area contributed by atoms with Crippen LogP contribution < -0.4 is 22.2 Å². The van der Waals surface area contributed by atoms with Crippen molar-refractivity contribution in [3.05, 3.63) is 57.1 Å². The van der Waals surface area contributed by atoms with Gasteiger partial charge in [-0.1, -0.05) is 12.1 Å². The molecule has 0 aliphatic rings. The molecule has 0 aliphatic heterocycles. The summed E-state index contributed by atoms with van der Waals surface area (Å²) < 4.78 is 1.19. The highest BCUT2D eigenvalue weighted by atomic mass is 16.2. The number of rotatable bonds is 5. The number of amides is 1. The molecule has 0 unspecified atom stereocenters.